The summed E-state index contributed by atoms with van der Waals surface area (Å²) in [6, 6.07) is 8.48. The Labute approximate surface area is 109 Å². The minimum absolute atomic E-state index is 0.333. The monoisotopic (exact) mass is 252 g/mol. The van der Waals surface area contributed by atoms with Crippen LogP contribution in [0.3, 0.4) is 0 Å². The van der Waals surface area contributed by atoms with Crippen molar-refractivity contribution in [1.82, 2.24) is 0 Å². The Hall–Kier alpha value is -0.730. The number of nitrogens with zero attached hydrogens (tertiary/aromatic N) is 1. The summed E-state index contributed by atoms with van der Waals surface area (Å²) < 4.78 is 0. The van der Waals surface area contributed by atoms with Crippen molar-refractivity contribution >= 4 is 17.3 Å². The first-order valence-electron chi connectivity index (χ1n) is 6.41. The van der Waals surface area contributed by atoms with Gasteiger partial charge in [0.05, 0.1) is 0 Å². The lowest BCUT2D eigenvalue weighted by molar-refractivity contribution is 0.483. The average molecular weight is 253 g/mol. The van der Waals surface area contributed by atoms with Crippen LogP contribution in [0, 0.1) is 5.92 Å². The molecule has 2 unspecified atom stereocenters. The summed E-state index contributed by atoms with van der Waals surface area (Å²) in [4.78, 5) is 2.45. The number of rotatable bonds is 4. The zero-order chi connectivity index (χ0) is 12.3. The Bertz CT molecular complexity index is 348. The van der Waals surface area contributed by atoms with E-state index in [0.29, 0.717) is 6.04 Å². The van der Waals surface area contributed by atoms with E-state index in [1.165, 1.54) is 18.5 Å². The molecule has 17 heavy (non-hydrogen) atoms. The molecule has 1 heterocycles. The van der Waals surface area contributed by atoms with Crippen molar-refractivity contribution in [3.8, 4) is 0 Å². The van der Waals surface area contributed by atoms with Crippen LogP contribution in [-0.4, -0.2) is 19.1 Å². The summed E-state index contributed by atoms with van der Waals surface area (Å²) >= 11 is 5.90. The molecule has 0 saturated carbocycles. The predicted octanol–water partition coefficient (Wildman–Crippen LogP) is 3.29. The van der Waals surface area contributed by atoms with Crippen LogP contribution in [0.4, 0.5) is 5.69 Å². The second-order valence-corrected chi connectivity index (χ2v) is 5.57. The van der Waals surface area contributed by atoms with Crippen molar-refractivity contribution in [3.63, 3.8) is 0 Å². The molecule has 0 aliphatic carbocycles. The van der Waals surface area contributed by atoms with E-state index < -0.39 is 0 Å². The molecule has 3 heteroatoms. The lowest BCUT2D eigenvalue weighted by Gasteiger charge is -2.19. The van der Waals surface area contributed by atoms with Gasteiger partial charge in [0.1, 0.15) is 0 Å². The maximum absolute atomic E-state index is 5.90. The van der Waals surface area contributed by atoms with Gasteiger partial charge in [-0.15, -0.1) is 0 Å². The summed E-state index contributed by atoms with van der Waals surface area (Å²) in [7, 11) is 0. The first kappa shape index (κ1) is 12.7. The fourth-order valence-electron chi connectivity index (χ4n) is 2.45. The Balaban J connectivity index is 1.87. The first-order valence-corrected chi connectivity index (χ1v) is 6.79. The van der Waals surface area contributed by atoms with Crippen molar-refractivity contribution in [2.24, 2.45) is 11.7 Å². The molecule has 2 rings (SSSR count). The maximum Gasteiger partial charge on any atom is 0.0407 e. The molecule has 94 valence electrons. The van der Waals surface area contributed by atoms with Gasteiger partial charge in [-0.3, -0.25) is 0 Å². The molecule has 1 aromatic carbocycles. The average Bonchev–Trinajstić information content (AvgIpc) is 2.76. The first-order chi connectivity index (χ1) is 8.15. The van der Waals surface area contributed by atoms with Crippen molar-refractivity contribution in [1.29, 1.82) is 0 Å². The maximum atomic E-state index is 5.90. The Kier molecular flexibility index (Phi) is 4.30. The van der Waals surface area contributed by atoms with Gasteiger partial charge in [-0.05, 0) is 56.4 Å². The fraction of sp³-hybridized carbons (Fsp3) is 0.571. The topological polar surface area (TPSA) is 29.3 Å². The summed E-state index contributed by atoms with van der Waals surface area (Å²) in [5.41, 5.74) is 7.09. The standard InChI is InChI=1S/C14H21ClN2/c1-11(16)2-3-12-8-9-17(10-12)14-6-4-13(15)5-7-14/h4-7,11-12H,2-3,8-10,16H2,1H3. The van der Waals surface area contributed by atoms with Crippen LogP contribution in [0.1, 0.15) is 26.2 Å². The van der Waals surface area contributed by atoms with Crippen LogP contribution >= 0.6 is 11.6 Å². The summed E-state index contributed by atoms with van der Waals surface area (Å²) in [6.07, 6.45) is 3.68. The lowest BCUT2D eigenvalue weighted by atomic mass is 10.0. The predicted molar refractivity (Wildman–Crippen MR) is 74.7 cm³/mol. The quantitative estimate of drug-likeness (QED) is 0.891. The highest BCUT2D eigenvalue weighted by atomic mass is 35.5. The molecule has 2 nitrogen and oxygen atoms in total. The van der Waals surface area contributed by atoms with E-state index in [9.17, 15) is 0 Å². The smallest absolute Gasteiger partial charge is 0.0407 e. The summed E-state index contributed by atoms with van der Waals surface area (Å²) in [6.45, 7) is 4.41. The zero-order valence-corrected chi connectivity index (χ0v) is 11.2. The van der Waals surface area contributed by atoms with Crippen molar-refractivity contribution in [2.75, 3.05) is 18.0 Å². The van der Waals surface area contributed by atoms with Gasteiger partial charge >= 0.3 is 0 Å². The molecule has 1 fully saturated rings. The van der Waals surface area contributed by atoms with E-state index in [0.717, 1.165) is 30.5 Å². The van der Waals surface area contributed by atoms with Gasteiger partial charge in [0.25, 0.3) is 0 Å². The van der Waals surface area contributed by atoms with Crippen molar-refractivity contribution in [2.45, 2.75) is 32.2 Å². The highest BCUT2D eigenvalue weighted by molar-refractivity contribution is 6.30. The molecule has 1 aliphatic rings. The van der Waals surface area contributed by atoms with Gasteiger partial charge in [-0.25, -0.2) is 0 Å². The molecule has 1 aromatic rings. The van der Waals surface area contributed by atoms with Crippen LogP contribution in [0.15, 0.2) is 24.3 Å². The second-order valence-electron chi connectivity index (χ2n) is 5.13. The minimum Gasteiger partial charge on any atom is -0.371 e. The zero-order valence-electron chi connectivity index (χ0n) is 10.4. The molecule has 1 aliphatic heterocycles. The van der Waals surface area contributed by atoms with Crippen LogP contribution in [0.25, 0.3) is 0 Å². The van der Waals surface area contributed by atoms with Gasteiger partial charge < -0.3 is 10.6 Å². The number of hydrogen-bond donors (Lipinski definition) is 1. The highest BCUT2D eigenvalue weighted by Gasteiger charge is 2.22. The van der Waals surface area contributed by atoms with E-state index in [1.54, 1.807) is 0 Å². The van der Waals surface area contributed by atoms with Gasteiger partial charge in [-0.2, -0.15) is 0 Å². The third-order valence-corrected chi connectivity index (χ3v) is 3.76. The second kappa shape index (κ2) is 5.74. The molecule has 0 amide bonds. The molecule has 2 atom stereocenters. The van der Waals surface area contributed by atoms with Crippen LogP contribution in [-0.2, 0) is 0 Å². The van der Waals surface area contributed by atoms with Crippen molar-refractivity contribution < 1.29 is 0 Å². The Morgan fingerprint density at radius 1 is 1.41 bits per heavy atom. The Morgan fingerprint density at radius 3 is 2.76 bits per heavy atom. The number of benzene rings is 1. The van der Waals surface area contributed by atoms with Gasteiger partial charge in [0.2, 0.25) is 0 Å². The number of hydrogen-bond acceptors (Lipinski definition) is 2. The normalized spacial score (nSPS) is 21.8. The van der Waals surface area contributed by atoms with E-state index in [2.05, 4.69) is 24.0 Å². The van der Waals surface area contributed by atoms with Crippen molar-refractivity contribution in [3.05, 3.63) is 29.3 Å². The SMILES string of the molecule is CC(N)CCC1CCN(c2ccc(Cl)cc2)C1. The van der Waals surface area contributed by atoms with E-state index in [-0.39, 0.29) is 0 Å². The summed E-state index contributed by atoms with van der Waals surface area (Å²) in [5.74, 6) is 0.802. The minimum atomic E-state index is 0.333. The molecular weight excluding hydrogens is 232 g/mol. The van der Waals surface area contributed by atoms with Crippen LogP contribution in [0.2, 0.25) is 5.02 Å². The number of nitrogens with two attached hydrogens (primary N) is 1. The molecule has 2 N–H and O–H groups in total. The third-order valence-electron chi connectivity index (χ3n) is 3.51. The van der Waals surface area contributed by atoms with Gasteiger partial charge in [0, 0.05) is 29.8 Å². The number of halogens is 1. The Morgan fingerprint density at radius 2 is 2.12 bits per heavy atom. The molecule has 0 bridgehead atoms. The third kappa shape index (κ3) is 3.62. The highest BCUT2D eigenvalue weighted by Crippen LogP contribution is 2.27. The van der Waals surface area contributed by atoms with Crippen LogP contribution < -0.4 is 10.6 Å². The van der Waals surface area contributed by atoms with Gasteiger partial charge in [-0.1, -0.05) is 11.6 Å². The fourth-order valence-corrected chi connectivity index (χ4v) is 2.58. The molecular formula is C14H21ClN2. The molecule has 0 aromatic heterocycles. The van der Waals surface area contributed by atoms with E-state index in [1.807, 2.05) is 12.1 Å². The number of anilines is 1. The summed E-state index contributed by atoms with van der Waals surface area (Å²) in [5, 5.41) is 0.807. The molecule has 0 radical (unpaired) electrons. The molecule has 0 spiro atoms. The van der Waals surface area contributed by atoms with E-state index in [4.69, 9.17) is 17.3 Å². The lowest BCUT2D eigenvalue weighted by Crippen LogP contribution is -2.21. The van der Waals surface area contributed by atoms with Gasteiger partial charge in [0.15, 0.2) is 0 Å². The molecule has 1 saturated heterocycles. The largest absolute Gasteiger partial charge is 0.371 e. The van der Waals surface area contributed by atoms with Crippen LogP contribution in [0.5, 0.6) is 0 Å². The van der Waals surface area contributed by atoms with E-state index >= 15 is 0 Å².